The normalized spacial score (nSPS) is 32.2. The van der Waals surface area contributed by atoms with Gasteiger partial charge in [0.05, 0.1) is 11.7 Å². The Morgan fingerprint density at radius 1 is 1.12 bits per heavy atom. The van der Waals surface area contributed by atoms with E-state index in [1.807, 2.05) is 6.07 Å². The molecule has 5 heteroatoms. The van der Waals surface area contributed by atoms with Crippen molar-refractivity contribution in [1.29, 1.82) is 0 Å². The van der Waals surface area contributed by atoms with Gasteiger partial charge in [0.25, 0.3) is 0 Å². The van der Waals surface area contributed by atoms with Gasteiger partial charge in [0.1, 0.15) is 18.1 Å². The van der Waals surface area contributed by atoms with Crippen LogP contribution in [0.5, 0.6) is 0 Å². The molecule has 0 saturated heterocycles. The molecule has 3 atom stereocenters. The lowest BCUT2D eigenvalue weighted by atomic mass is 9.79. The van der Waals surface area contributed by atoms with Crippen LogP contribution in [0.3, 0.4) is 0 Å². The second-order valence-electron chi connectivity index (χ2n) is 7.83. The molecule has 144 valence electrons. The highest BCUT2D eigenvalue weighted by atomic mass is 19.1. The molecule has 2 aliphatic carbocycles. The van der Waals surface area contributed by atoms with Gasteiger partial charge in [-0.25, -0.2) is 13.6 Å². The number of carbonyl (C=O) groups is 1. The Kier molecular flexibility index (Phi) is 6.28. The van der Waals surface area contributed by atoms with Gasteiger partial charge in [-0.05, 0) is 55.2 Å². The molecule has 0 aliphatic heterocycles. The first-order chi connectivity index (χ1) is 12.5. The van der Waals surface area contributed by atoms with E-state index in [9.17, 15) is 13.6 Å². The van der Waals surface area contributed by atoms with E-state index >= 15 is 0 Å². The van der Waals surface area contributed by atoms with Crippen LogP contribution in [-0.4, -0.2) is 31.5 Å². The van der Waals surface area contributed by atoms with E-state index in [4.69, 9.17) is 9.47 Å². The van der Waals surface area contributed by atoms with Gasteiger partial charge in [0, 0.05) is 13.5 Å². The van der Waals surface area contributed by atoms with Gasteiger partial charge in [0.15, 0.2) is 0 Å². The van der Waals surface area contributed by atoms with Gasteiger partial charge in [-0.15, -0.1) is 0 Å². The zero-order valence-corrected chi connectivity index (χ0v) is 15.5. The van der Waals surface area contributed by atoms with E-state index < -0.39 is 30.2 Å². The van der Waals surface area contributed by atoms with Gasteiger partial charge in [-0.2, -0.15) is 0 Å². The minimum Gasteiger partial charge on any atom is -0.459 e. The molecule has 0 bridgehead atoms. The lowest BCUT2D eigenvalue weighted by molar-refractivity contribution is -0.0445. The molecule has 2 aliphatic rings. The molecule has 1 aromatic carbocycles. The topological polar surface area (TPSA) is 35.5 Å². The highest BCUT2D eigenvalue weighted by Gasteiger charge is 2.33. The summed E-state index contributed by atoms with van der Waals surface area (Å²) in [6.45, 7) is 2.25. The molecular formula is C21H28F2O3. The van der Waals surface area contributed by atoms with Crippen molar-refractivity contribution < 1.29 is 23.0 Å². The Bertz CT molecular complexity index is 626. The smallest absolute Gasteiger partial charge is 0.341 e. The summed E-state index contributed by atoms with van der Waals surface area (Å²) in [5.41, 5.74) is 0.887. The molecule has 0 radical (unpaired) electrons. The number of rotatable bonds is 4. The molecule has 0 spiro atoms. The number of esters is 1. The summed E-state index contributed by atoms with van der Waals surface area (Å²) in [6.07, 6.45) is 3.44. The van der Waals surface area contributed by atoms with E-state index in [0.717, 1.165) is 37.2 Å². The fourth-order valence-electron chi connectivity index (χ4n) is 4.18. The maximum absolute atomic E-state index is 14.5. The predicted molar refractivity (Wildman–Crippen MR) is 95.5 cm³/mol. The van der Waals surface area contributed by atoms with Crippen LogP contribution in [0.25, 0.3) is 0 Å². The third-order valence-electron chi connectivity index (χ3n) is 5.94. The van der Waals surface area contributed by atoms with Crippen molar-refractivity contribution in [2.75, 3.05) is 7.11 Å². The molecule has 26 heavy (non-hydrogen) atoms. The van der Waals surface area contributed by atoms with E-state index in [2.05, 4.69) is 6.92 Å². The number of alkyl halides is 1. The third kappa shape index (κ3) is 4.43. The number of hydrogen-bond donors (Lipinski definition) is 0. The van der Waals surface area contributed by atoms with Gasteiger partial charge in [-0.3, -0.25) is 0 Å². The number of methoxy groups -OCH3 is 1. The Morgan fingerprint density at radius 2 is 1.85 bits per heavy atom. The molecule has 2 fully saturated rings. The highest BCUT2D eigenvalue weighted by molar-refractivity contribution is 5.89. The number of halogens is 2. The minimum absolute atomic E-state index is 0.0674. The molecule has 0 aromatic heterocycles. The fraction of sp³-hybridized carbons (Fsp3) is 0.667. The predicted octanol–water partition coefficient (Wildman–Crippen LogP) is 5.18. The molecule has 2 saturated carbocycles. The third-order valence-corrected chi connectivity index (χ3v) is 5.94. The summed E-state index contributed by atoms with van der Waals surface area (Å²) in [4.78, 5) is 12.3. The molecule has 3 rings (SSSR count). The Labute approximate surface area is 154 Å². The van der Waals surface area contributed by atoms with Crippen LogP contribution < -0.4 is 0 Å². The van der Waals surface area contributed by atoms with Crippen LogP contribution in [0.4, 0.5) is 8.78 Å². The number of benzene rings is 1. The van der Waals surface area contributed by atoms with Gasteiger partial charge < -0.3 is 9.47 Å². The maximum Gasteiger partial charge on any atom is 0.341 e. The monoisotopic (exact) mass is 366 g/mol. The molecular weight excluding hydrogens is 338 g/mol. The Hall–Kier alpha value is -1.49. The molecule has 0 N–H and O–H groups in total. The summed E-state index contributed by atoms with van der Waals surface area (Å²) in [7, 11) is 1.48. The first kappa shape index (κ1) is 19.3. The van der Waals surface area contributed by atoms with E-state index in [0.29, 0.717) is 18.8 Å². The number of ether oxygens (including phenoxy) is 2. The average Bonchev–Trinajstić information content (AvgIpc) is 2.62. The summed E-state index contributed by atoms with van der Waals surface area (Å²) < 4.78 is 38.8. The number of carbonyl (C=O) groups excluding carboxylic acids is 1. The Morgan fingerprint density at radius 3 is 2.46 bits per heavy atom. The van der Waals surface area contributed by atoms with Crippen LogP contribution in [-0.2, 0) is 9.47 Å². The van der Waals surface area contributed by atoms with Crippen LogP contribution in [0.2, 0.25) is 0 Å². The zero-order chi connectivity index (χ0) is 18.7. The second-order valence-corrected chi connectivity index (χ2v) is 7.83. The van der Waals surface area contributed by atoms with E-state index in [1.54, 1.807) is 0 Å². The summed E-state index contributed by atoms with van der Waals surface area (Å²) >= 11 is 0. The lowest BCUT2D eigenvalue weighted by Gasteiger charge is -2.30. The SMILES string of the molecule is COC1CCC(OC(=O)c2ccc(C3CCC(C)CC3)cc2F)CC1F. The molecule has 1 aromatic rings. The first-order valence-electron chi connectivity index (χ1n) is 9.65. The summed E-state index contributed by atoms with van der Waals surface area (Å²) in [5, 5.41) is 0. The van der Waals surface area contributed by atoms with Crippen LogP contribution in [0.15, 0.2) is 18.2 Å². The zero-order valence-electron chi connectivity index (χ0n) is 15.5. The number of hydrogen-bond acceptors (Lipinski definition) is 3. The molecule has 0 heterocycles. The van der Waals surface area contributed by atoms with Crippen molar-refractivity contribution in [2.45, 2.75) is 76.2 Å². The van der Waals surface area contributed by atoms with Gasteiger partial charge >= 0.3 is 5.97 Å². The van der Waals surface area contributed by atoms with Crippen molar-refractivity contribution in [3.8, 4) is 0 Å². The fourth-order valence-corrected chi connectivity index (χ4v) is 4.18. The van der Waals surface area contributed by atoms with Crippen molar-refractivity contribution in [3.05, 3.63) is 35.1 Å². The highest BCUT2D eigenvalue weighted by Crippen LogP contribution is 2.36. The van der Waals surface area contributed by atoms with Crippen molar-refractivity contribution >= 4 is 5.97 Å². The van der Waals surface area contributed by atoms with Crippen molar-refractivity contribution in [1.82, 2.24) is 0 Å². The maximum atomic E-state index is 14.5. The second kappa shape index (κ2) is 8.47. The summed E-state index contributed by atoms with van der Waals surface area (Å²) in [6, 6.07) is 4.82. The standard InChI is InChI=1S/C21H28F2O3/c1-13-3-5-14(6-4-13)15-7-9-17(18(22)11-15)21(24)26-16-8-10-20(25-2)19(23)12-16/h7,9,11,13-14,16,19-20H,3-6,8,10,12H2,1-2H3. The van der Waals surface area contributed by atoms with Crippen molar-refractivity contribution in [2.24, 2.45) is 5.92 Å². The van der Waals surface area contributed by atoms with Crippen LogP contribution >= 0.6 is 0 Å². The molecule has 3 unspecified atom stereocenters. The van der Waals surface area contributed by atoms with E-state index in [-0.39, 0.29) is 12.0 Å². The molecule has 3 nitrogen and oxygen atoms in total. The van der Waals surface area contributed by atoms with Crippen LogP contribution in [0, 0.1) is 11.7 Å². The minimum atomic E-state index is -1.16. The molecule has 0 amide bonds. The summed E-state index contributed by atoms with van der Waals surface area (Å²) in [5.74, 6) is -0.159. The largest absolute Gasteiger partial charge is 0.459 e. The average molecular weight is 366 g/mol. The first-order valence-corrected chi connectivity index (χ1v) is 9.65. The van der Waals surface area contributed by atoms with Gasteiger partial charge in [-0.1, -0.05) is 25.8 Å². The van der Waals surface area contributed by atoms with E-state index in [1.165, 1.54) is 19.2 Å². The lowest BCUT2D eigenvalue weighted by Crippen LogP contribution is -2.36. The Balaban J connectivity index is 1.61. The van der Waals surface area contributed by atoms with Crippen LogP contribution in [0.1, 0.15) is 73.7 Å². The quantitative estimate of drug-likeness (QED) is 0.689. The van der Waals surface area contributed by atoms with Gasteiger partial charge in [0.2, 0.25) is 0 Å². The van der Waals surface area contributed by atoms with Crippen molar-refractivity contribution in [3.63, 3.8) is 0 Å².